The standard InChI is InChI=1S/2C5H9F3.C4H7F3.C4H10.C3H4F4.C3H7F.C3H8.C2H5F/c2*1-3-4(2)5(6,7)8;1-3(2)4(5,6)7;1-3-4-2;1-2(4)3(5,6)7;1-2-3-4;1-3-2;1-2-3/h2*4H,3H2,1-2H3;3H,1-2H3;3-4H2,1-2H3;2H,1H3;2-3H2,1H3;3H2,1-2H3;2H2,1H3. The third kappa shape index (κ3) is 78.0. The van der Waals surface area contributed by atoms with Crippen molar-refractivity contribution in [2.24, 2.45) is 17.8 Å². The quantitative estimate of drug-likeness (QED) is 0.257. The minimum atomic E-state index is -4.67. The Balaban J connectivity index is -0.0000000576. The summed E-state index contributed by atoms with van der Waals surface area (Å²) in [7, 11) is 0. The summed E-state index contributed by atoms with van der Waals surface area (Å²) in [5, 5.41) is 0. The largest absolute Gasteiger partial charge is 0.419 e. The van der Waals surface area contributed by atoms with Crippen molar-refractivity contribution in [3.8, 4) is 0 Å². The number of hydrogen-bond acceptors (Lipinski definition) is 0. The minimum Gasteiger partial charge on any atom is -0.251 e. The summed E-state index contributed by atoms with van der Waals surface area (Å²) in [6, 6.07) is 0. The predicted octanol–water partition coefficient (Wildman–Crippen LogP) is 14.9. The van der Waals surface area contributed by atoms with Gasteiger partial charge in [-0.2, -0.15) is 52.7 Å². The van der Waals surface area contributed by atoms with Crippen LogP contribution in [0.2, 0.25) is 0 Å². The van der Waals surface area contributed by atoms with Gasteiger partial charge >= 0.3 is 24.7 Å². The third-order valence-electron chi connectivity index (χ3n) is 4.14. The van der Waals surface area contributed by atoms with Crippen LogP contribution in [0.25, 0.3) is 0 Å². The highest BCUT2D eigenvalue weighted by Gasteiger charge is 2.36. The van der Waals surface area contributed by atoms with Gasteiger partial charge in [-0.15, -0.1) is 0 Å². The zero-order valence-corrected chi connectivity index (χ0v) is 28.6. The Hall–Kier alpha value is -1.05. The Morgan fingerprint density at radius 1 is 0.432 bits per heavy atom. The zero-order chi connectivity index (χ0) is 38.0. The number of unbranched alkanes of at least 4 members (excludes halogenated alkanes) is 1. The summed E-state index contributed by atoms with van der Waals surface area (Å²) < 4.78 is 167. The van der Waals surface area contributed by atoms with Crippen molar-refractivity contribution in [3.63, 3.8) is 0 Å². The molecular weight excluding hydrogens is 633 g/mol. The van der Waals surface area contributed by atoms with Crippen LogP contribution in [-0.2, 0) is 0 Å². The van der Waals surface area contributed by atoms with E-state index in [-0.39, 0.29) is 26.2 Å². The van der Waals surface area contributed by atoms with Crippen molar-refractivity contribution in [1.82, 2.24) is 0 Å². The maximum atomic E-state index is 11.4. The molecule has 0 radical (unpaired) electrons. The first kappa shape index (κ1) is 61.9. The highest BCUT2D eigenvalue weighted by atomic mass is 19.4. The summed E-state index contributed by atoms with van der Waals surface area (Å²) in [6.45, 7) is 19.6. The highest BCUT2D eigenvalue weighted by Crippen LogP contribution is 2.28. The van der Waals surface area contributed by atoms with Gasteiger partial charge in [0.15, 0.2) is 6.17 Å². The van der Waals surface area contributed by atoms with Crippen molar-refractivity contribution in [1.29, 1.82) is 0 Å². The van der Waals surface area contributed by atoms with E-state index >= 15 is 0 Å². The molecular formula is C29H59F15. The average Bonchev–Trinajstić information content (AvgIpc) is 2.87. The molecule has 0 aliphatic rings. The number of hydrogen-bond donors (Lipinski definition) is 0. The first-order chi connectivity index (χ1) is 19.5. The van der Waals surface area contributed by atoms with Gasteiger partial charge in [-0.25, -0.2) is 4.39 Å². The van der Waals surface area contributed by atoms with Crippen LogP contribution in [0.5, 0.6) is 0 Å². The van der Waals surface area contributed by atoms with E-state index in [1.54, 1.807) is 6.92 Å². The number of alkyl halides is 15. The molecule has 3 atom stereocenters. The van der Waals surface area contributed by atoms with Gasteiger partial charge in [0.25, 0.3) is 0 Å². The first-order valence-corrected chi connectivity index (χ1v) is 14.5. The fraction of sp³-hybridized carbons (Fsp3) is 1.00. The monoisotopic (exact) mass is 692 g/mol. The van der Waals surface area contributed by atoms with E-state index in [0.29, 0.717) is 13.3 Å². The third-order valence-corrected chi connectivity index (χ3v) is 4.14. The number of rotatable bonds is 4. The summed E-state index contributed by atoms with van der Waals surface area (Å²) in [4.78, 5) is 0. The normalized spacial score (nSPS) is 12.8. The maximum absolute atomic E-state index is 11.4. The molecule has 0 heterocycles. The summed E-state index contributed by atoms with van der Waals surface area (Å²) in [5.41, 5.74) is 0. The molecule has 44 heavy (non-hydrogen) atoms. The number of halogens is 15. The average molecular weight is 693 g/mol. The van der Waals surface area contributed by atoms with Gasteiger partial charge in [0.1, 0.15) is 0 Å². The summed E-state index contributed by atoms with van der Waals surface area (Å²) in [6.07, 6.45) is -14.5. The molecule has 0 rings (SSSR count). The smallest absolute Gasteiger partial charge is 0.251 e. The molecule has 0 aromatic carbocycles. The second-order valence-corrected chi connectivity index (χ2v) is 9.22. The topological polar surface area (TPSA) is 0 Å². The molecule has 0 aromatic rings. The van der Waals surface area contributed by atoms with E-state index in [1.807, 2.05) is 0 Å². The van der Waals surface area contributed by atoms with Crippen LogP contribution < -0.4 is 0 Å². The van der Waals surface area contributed by atoms with E-state index in [1.165, 1.54) is 53.9 Å². The molecule has 280 valence electrons. The summed E-state index contributed by atoms with van der Waals surface area (Å²) >= 11 is 0. The van der Waals surface area contributed by atoms with Gasteiger partial charge in [-0.3, -0.25) is 8.78 Å². The molecule has 3 unspecified atom stereocenters. The lowest BCUT2D eigenvalue weighted by atomic mass is 10.1. The Bertz CT molecular complexity index is 431. The van der Waals surface area contributed by atoms with Crippen molar-refractivity contribution < 1.29 is 65.9 Å². The molecule has 0 aromatic heterocycles. The molecule has 0 aliphatic carbocycles. The fourth-order valence-electron chi connectivity index (χ4n) is 0.463. The lowest BCUT2D eigenvalue weighted by Crippen LogP contribution is -2.20. The lowest BCUT2D eigenvalue weighted by Gasteiger charge is -2.11. The Morgan fingerprint density at radius 2 is 0.591 bits per heavy atom. The zero-order valence-electron chi connectivity index (χ0n) is 28.6. The van der Waals surface area contributed by atoms with Crippen molar-refractivity contribution in [2.75, 3.05) is 13.3 Å². The molecule has 0 N–H and O–H groups in total. The molecule has 0 bridgehead atoms. The van der Waals surface area contributed by atoms with Gasteiger partial charge in [0, 0.05) is 5.92 Å². The maximum Gasteiger partial charge on any atom is 0.419 e. The Morgan fingerprint density at radius 3 is 0.591 bits per heavy atom. The van der Waals surface area contributed by atoms with Crippen molar-refractivity contribution >= 4 is 0 Å². The van der Waals surface area contributed by atoms with Crippen LogP contribution in [-0.4, -0.2) is 44.2 Å². The van der Waals surface area contributed by atoms with Crippen molar-refractivity contribution in [3.05, 3.63) is 0 Å². The second-order valence-electron chi connectivity index (χ2n) is 9.22. The molecule has 0 nitrogen and oxygen atoms in total. The Kier molecular flexibility index (Phi) is 53.6. The van der Waals surface area contributed by atoms with Gasteiger partial charge < -0.3 is 0 Å². The Labute approximate surface area is 256 Å². The second kappa shape index (κ2) is 38.1. The molecule has 0 aliphatic heterocycles. The van der Waals surface area contributed by atoms with Gasteiger partial charge in [-0.05, 0) is 33.1 Å². The van der Waals surface area contributed by atoms with E-state index in [2.05, 4.69) is 27.7 Å². The van der Waals surface area contributed by atoms with Crippen LogP contribution >= 0.6 is 0 Å². The molecule has 0 saturated carbocycles. The molecule has 15 heteroatoms. The SMILES string of the molecule is CC(C)C(F)(F)F.CC(F)C(F)(F)F.CCC.CCC(C)C(F)(F)F.CCC(C)C(F)(F)F.CCCC.CCCF.CCF. The van der Waals surface area contributed by atoms with Gasteiger partial charge in [0.05, 0.1) is 25.2 Å². The van der Waals surface area contributed by atoms with E-state index in [0.717, 1.165) is 13.8 Å². The van der Waals surface area contributed by atoms with E-state index in [9.17, 15) is 65.9 Å². The fourth-order valence-corrected chi connectivity index (χ4v) is 0.463. The van der Waals surface area contributed by atoms with Gasteiger partial charge in [-0.1, -0.05) is 95.4 Å². The van der Waals surface area contributed by atoms with Gasteiger partial charge in [0.2, 0.25) is 0 Å². The summed E-state index contributed by atoms with van der Waals surface area (Å²) in [5.74, 6) is -3.50. The molecule has 0 saturated heterocycles. The van der Waals surface area contributed by atoms with Crippen LogP contribution in [0, 0.1) is 17.8 Å². The van der Waals surface area contributed by atoms with E-state index < -0.39 is 48.6 Å². The predicted molar refractivity (Wildman–Crippen MR) is 153 cm³/mol. The van der Waals surface area contributed by atoms with Crippen molar-refractivity contribution in [2.45, 2.75) is 159 Å². The molecule has 0 amide bonds. The first-order valence-electron chi connectivity index (χ1n) is 14.5. The molecule has 0 fully saturated rings. The highest BCUT2D eigenvalue weighted by molar-refractivity contribution is 4.59. The van der Waals surface area contributed by atoms with E-state index in [4.69, 9.17) is 0 Å². The van der Waals surface area contributed by atoms with Crippen LogP contribution in [0.15, 0.2) is 0 Å². The van der Waals surface area contributed by atoms with Crippen LogP contribution in [0.3, 0.4) is 0 Å². The lowest BCUT2D eigenvalue weighted by molar-refractivity contribution is -0.175. The minimum absolute atomic E-state index is 0.170. The molecule has 0 spiro atoms. The van der Waals surface area contributed by atoms with Crippen LogP contribution in [0.4, 0.5) is 65.9 Å². The van der Waals surface area contributed by atoms with Crippen LogP contribution in [0.1, 0.15) is 129 Å².